The number of nitrogens with zero attached hydrogens (tertiary/aromatic N) is 2. The molecule has 5 rings (SSSR count). The van der Waals surface area contributed by atoms with Crippen LogP contribution >= 0.6 is 0 Å². The van der Waals surface area contributed by atoms with Crippen molar-refractivity contribution in [3.63, 3.8) is 0 Å². The number of hydrogen-bond acceptors (Lipinski definition) is 5. The number of para-hydroxylation sites is 3. The van der Waals surface area contributed by atoms with Gasteiger partial charge >= 0.3 is 5.97 Å². The first-order chi connectivity index (χ1) is 14.1. The molecule has 1 atom stereocenters. The second kappa shape index (κ2) is 6.39. The maximum absolute atomic E-state index is 13.1. The Labute approximate surface area is 165 Å². The Hall–Kier alpha value is -3.77. The first kappa shape index (κ1) is 17.3. The van der Waals surface area contributed by atoms with E-state index in [9.17, 15) is 14.7 Å². The van der Waals surface area contributed by atoms with Crippen molar-refractivity contribution in [3.8, 4) is 11.4 Å². The first-order valence-corrected chi connectivity index (χ1v) is 9.18. The highest BCUT2D eigenvalue weighted by atomic mass is 16.5. The Kier molecular flexibility index (Phi) is 3.82. The van der Waals surface area contributed by atoms with Crippen LogP contribution in [-0.4, -0.2) is 20.6 Å². The van der Waals surface area contributed by atoms with Crippen LogP contribution in [0.15, 0.2) is 83.7 Å². The van der Waals surface area contributed by atoms with Crippen molar-refractivity contribution in [2.45, 2.75) is 12.0 Å². The van der Waals surface area contributed by atoms with E-state index in [0.29, 0.717) is 27.9 Å². The average molecular weight is 384 g/mol. The average Bonchev–Trinajstić information content (AvgIpc) is 2.98. The summed E-state index contributed by atoms with van der Waals surface area (Å²) in [5.74, 6) is -0.118. The summed E-state index contributed by atoms with van der Waals surface area (Å²) in [6.45, 7) is 0. The minimum Gasteiger partial charge on any atom is -0.426 e. The predicted molar refractivity (Wildman–Crippen MR) is 107 cm³/mol. The number of fused-ring (bicyclic) bond motifs is 4. The Morgan fingerprint density at radius 1 is 0.966 bits per heavy atom. The highest BCUT2D eigenvalue weighted by Crippen LogP contribution is 2.42. The van der Waals surface area contributed by atoms with Gasteiger partial charge in [-0.05, 0) is 30.3 Å². The maximum atomic E-state index is 13.1. The lowest BCUT2D eigenvalue weighted by molar-refractivity contribution is -0.138. The van der Waals surface area contributed by atoms with Crippen LogP contribution in [0.4, 0.5) is 0 Å². The quantitative estimate of drug-likeness (QED) is 0.434. The van der Waals surface area contributed by atoms with Gasteiger partial charge in [0.25, 0.3) is 5.56 Å². The highest BCUT2D eigenvalue weighted by Gasteiger charge is 2.46. The molecular weight excluding hydrogens is 368 g/mol. The van der Waals surface area contributed by atoms with E-state index in [0.717, 1.165) is 0 Å². The molecule has 2 heterocycles. The zero-order chi connectivity index (χ0) is 20.0. The fraction of sp³-hybridized carbons (Fsp3) is 0.0870. The number of carbonyl (C=O) groups excluding carboxylic acids is 1. The smallest absolute Gasteiger partial charge is 0.314 e. The topological polar surface area (TPSA) is 81.4 Å². The molecule has 0 amide bonds. The molecule has 0 aliphatic carbocycles. The molecule has 0 radical (unpaired) electrons. The van der Waals surface area contributed by atoms with Gasteiger partial charge in [-0.15, -0.1) is 0 Å². The zero-order valence-electron chi connectivity index (χ0n) is 15.3. The monoisotopic (exact) mass is 384 g/mol. The summed E-state index contributed by atoms with van der Waals surface area (Å²) in [5.41, 5.74) is -0.631. The molecule has 1 aromatic heterocycles. The fourth-order valence-corrected chi connectivity index (χ4v) is 3.81. The molecule has 6 nitrogen and oxygen atoms in total. The summed E-state index contributed by atoms with van der Waals surface area (Å²) < 4.78 is 6.76. The molecule has 0 bridgehead atoms. The number of rotatable bonds is 3. The van der Waals surface area contributed by atoms with Crippen molar-refractivity contribution < 1.29 is 14.6 Å². The molecule has 0 spiro atoms. The van der Waals surface area contributed by atoms with E-state index in [1.807, 2.05) is 6.07 Å². The summed E-state index contributed by atoms with van der Waals surface area (Å²) in [5, 5.41) is 12.1. The van der Waals surface area contributed by atoms with Crippen LogP contribution in [0.2, 0.25) is 0 Å². The van der Waals surface area contributed by atoms with Crippen LogP contribution in [0.5, 0.6) is 5.75 Å². The molecule has 6 heteroatoms. The van der Waals surface area contributed by atoms with E-state index in [1.165, 1.54) is 4.57 Å². The standard InChI is InChI=1S/C23H16N2O4/c26-20(29-15-8-2-1-3-9-15)14-23(28)17-11-5-7-13-19(17)25-21(27)16-10-4-6-12-18(16)24-22(23)25/h1-13,28H,14H2. The van der Waals surface area contributed by atoms with E-state index in [2.05, 4.69) is 4.98 Å². The summed E-state index contributed by atoms with van der Waals surface area (Å²) in [4.78, 5) is 30.3. The van der Waals surface area contributed by atoms with Crippen molar-refractivity contribution >= 4 is 16.9 Å². The van der Waals surface area contributed by atoms with Crippen LogP contribution in [0.25, 0.3) is 16.6 Å². The molecule has 29 heavy (non-hydrogen) atoms. The number of carbonyl (C=O) groups is 1. The first-order valence-electron chi connectivity index (χ1n) is 9.18. The van der Waals surface area contributed by atoms with Gasteiger partial charge in [-0.25, -0.2) is 4.98 Å². The number of aromatic nitrogens is 2. The van der Waals surface area contributed by atoms with E-state index < -0.39 is 11.6 Å². The number of ether oxygens (including phenoxy) is 1. The van der Waals surface area contributed by atoms with Crippen LogP contribution in [0.1, 0.15) is 17.8 Å². The lowest BCUT2D eigenvalue weighted by Gasteiger charge is -2.22. The van der Waals surface area contributed by atoms with Gasteiger partial charge in [-0.2, -0.15) is 0 Å². The number of esters is 1. The largest absolute Gasteiger partial charge is 0.426 e. The van der Waals surface area contributed by atoms with Gasteiger partial charge in [-0.3, -0.25) is 14.2 Å². The molecule has 1 N–H and O–H groups in total. The molecule has 1 aliphatic rings. The molecule has 3 aromatic carbocycles. The van der Waals surface area contributed by atoms with Crippen LogP contribution < -0.4 is 10.3 Å². The third-order valence-electron chi connectivity index (χ3n) is 5.11. The van der Waals surface area contributed by atoms with Crippen molar-refractivity contribution in [2.75, 3.05) is 0 Å². The summed E-state index contributed by atoms with van der Waals surface area (Å²) >= 11 is 0. The zero-order valence-corrected chi connectivity index (χ0v) is 15.3. The summed E-state index contributed by atoms with van der Waals surface area (Å²) in [7, 11) is 0. The van der Waals surface area contributed by atoms with Crippen molar-refractivity contribution in [1.82, 2.24) is 9.55 Å². The summed E-state index contributed by atoms with van der Waals surface area (Å²) in [6.07, 6.45) is -0.371. The van der Waals surface area contributed by atoms with E-state index in [4.69, 9.17) is 4.74 Å². The normalized spacial score (nSPS) is 17.0. The molecule has 0 fully saturated rings. The summed E-state index contributed by atoms with van der Waals surface area (Å²) in [6, 6.07) is 22.6. The van der Waals surface area contributed by atoms with E-state index in [1.54, 1.807) is 72.8 Å². The molecule has 0 saturated heterocycles. The highest BCUT2D eigenvalue weighted by molar-refractivity contribution is 5.80. The SMILES string of the molecule is O=C(CC1(O)c2ccccc2-n2c1nc1ccccc1c2=O)Oc1ccccc1. The van der Waals surface area contributed by atoms with Crippen molar-refractivity contribution in [2.24, 2.45) is 0 Å². The van der Waals surface area contributed by atoms with Gasteiger partial charge in [-0.1, -0.05) is 48.5 Å². The maximum Gasteiger partial charge on any atom is 0.314 e. The molecule has 1 aliphatic heterocycles. The second-order valence-electron chi connectivity index (χ2n) is 6.93. The number of benzene rings is 3. The third kappa shape index (κ3) is 2.65. The van der Waals surface area contributed by atoms with Gasteiger partial charge in [0.1, 0.15) is 5.75 Å². The van der Waals surface area contributed by atoms with Crippen LogP contribution in [-0.2, 0) is 10.4 Å². The van der Waals surface area contributed by atoms with Gasteiger partial charge in [0.05, 0.1) is 23.0 Å². The van der Waals surface area contributed by atoms with Gasteiger partial charge < -0.3 is 9.84 Å². The Balaban J connectivity index is 1.66. The Morgan fingerprint density at radius 3 is 2.48 bits per heavy atom. The van der Waals surface area contributed by atoms with Crippen molar-refractivity contribution in [3.05, 3.63) is 101 Å². The predicted octanol–water partition coefficient (Wildman–Crippen LogP) is 2.93. The lowest BCUT2D eigenvalue weighted by atomic mass is 9.91. The van der Waals surface area contributed by atoms with Crippen LogP contribution in [0.3, 0.4) is 0 Å². The molecular formula is C23H16N2O4. The van der Waals surface area contributed by atoms with Gasteiger partial charge in [0.15, 0.2) is 11.4 Å². The second-order valence-corrected chi connectivity index (χ2v) is 6.93. The van der Waals surface area contributed by atoms with E-state index >= 15 is 0 Å². The minimum absolute atomic E-state index is 0.118. The molecule has 142 valence electrons. The molecule has 4 aromatic rings. The third-order valence-corrected chi connectivity index (χ3v) is 5.11. The van der Waals surface area contributed by atoms with E-state index in [-0.39, 0.29) is 17.8 Å². The van der Waals surface area contributed by atoms with Crippen molar-refractivity contribution in [1.29, 1.82) is 0 Å². The number of hydrogen-bond donors (Lipinski definition) is 1. The number of aliphatic hydroxyl groups is 1. The lowest BCUT2D eigenvalue weighted by Crippen LogP contribution is -2.33. The Morgan fingerprint density at radius 2 is 1.66 bits per heavy atom. The minimum atomic E-state index is -1.77. The molecule has 0 saturated carbocycles. The Bertz CT molecular complexity index is 1310. The fourth-order valence-electron chi connectivity index (χ4n) is 3.81. The molecule has 1 unspecified atom stereocenters. The van der Waals surface area contributed by atoms with Crippen LogP contribution in [0, 0.1) is 0 Å². The van der Waals surface area contributed by atoms with Gasteiger partial charge in [0.2, 0.25) is 0 Å². The van der Waals surface area contributed by atoms with Gasteiger partial charge in [0, 0.05) is 5.56 Å².